The topological polar surface area (TPSA) is 113 Å². The van der Waals surface area contributed by atoms with Gasteiger partial charge >= 0.3 is 12.1 Å². The van der Waals surface area contributed by atoms with E-state index < -0.39 is 24.2 Å². The third-order valence-electron chi connectivity index (χ3n) is 8.08. The number of hydrogen-bond acceptors (Lipinski definition) is 6. The third kappa shape index (κ3) is 4.07. The fourth-order valence-electron chi connectivity index (χ4n) is 6.19. The lowest BCUT2D eigenvalue weighted by Gasteiger charge is -2.36. The Balaban J connectivity index is 1.18. The Kier molecular flexibility index (Phi) is 6.03. The van der Waals surface area contributed by atoms with Crippen LogP contribution in [0.1, 0.15) is 29.5 Å². The zero-order valence-corrected chi connectivity index (χ0v) is 21.4. The number of ether oxygens (including phenoxy) is 3. The lowest BCUT2D eigenvalue weighted by atomic mass is 9.69. The number of aromatic nitrogens is 1. The quantitative estimate of drug-likeness (QED) is 0.427. The van der Waals surface area contributed by atoms with E-state index in [1.165, 1.54) is 5.56 Å². The highest BCUT2D eigenvalue weighted by molar-refractivity contribution is 5.85. The van der Waals surface area contributed by atoms with Gasteiger partial charge in [0.2, 0.25) is 0 Å². The number of para-hydroxylation sites is 1. The Bertz CT molecular complexity index is 1430. The summed E-state index contributed by atoms with van der Waals surface area (Å²) in [5.74, 6) is 0.346. The van der Waals surface area contributed by atoms with E-state index in [4.69, 9.17) is 14.2 Å². The molecule has 2 aliphatic heterocycles. The van der Waals surface area contributed by atoms with E-state index in [0.29, 0.717) is 12.2 Å². The molecule has 9 nitrogen and oxygen atoms in total. The molecule has 3 aromatic rings. The highest BCUT2D eigenvalue weighted by Crippen LogP contribution is 2.55. The summed E-state index contributed by atoms with van der Waals surface area (Å²) < 4.78 is 17.8. The molecule has 3 aliphatic rings. The van der Waals surface area contributed by atoms with Gasteiger partial charge in [-0.2, -0.15) is 0 Å². The summed E-state index contributed by atoms with van der Waals surface area (Å²) in [5, 5.41) is 13.3. The van der Waals surface area contributed by atoms with Crippen LogP contribution >= 0.6 is 0 Å². The molecule has 198 valence electrons. The largest absolute Gasteiger partial charge is 0.493 e. The fourth-order valence-corrected chi connectivity index (χ4v) is 6.19. The molecule has 1 aromatic heterocycles. The van der Waals surface area contributed by atoms with Crippen molar-refractivity contribution in [2.45, 2.75) is 49.5 Å². The number of aliphatic carboxylic acids is 1. The number of aromatic amines is 1. The molecule has 4 atom stereocenters. The summed E-state index contributed by atoms with van der Waals surface area (Å²) in [7, 11) is 3.75. The van der Waals surface area contributed by atoms with Gasteiger partial charge in [-0.3, -0.25) is 0 Å². The molecule has 9 heteroatoms. The molecule has 1 aliphatic carbocycles. The number of amides is 1. The van der Waals surface area contributed by atoms with Crippen LogP contribution in [0.3, 0.4) is 0 Å². The summed E-state index contributed by atoms with van der Waals surface area (Å²) in [6.45, 7) is 1.73. The predicted octanol–water partition coefficient (Wildman–Crippen LogP) is 3.76. The zero-order valence-electron chi connectivity index (χ0n) is 21.4. The number of fused-ring (bicyclic) bond motifs is 1. The summed E-state index contributed by atoms with van der Waals surface area (Å²) in [6.07, 6.45) is 5.76. The molecule has 1 amide bonds. The van der Waals surface area contributed by atoms with Gasteiger partial charge in [0.25, 0.3) is 0 Å². The van der Waals surface area contributed by atoms with E-state index in [-0.39, 0.29) is 17.9 Å². The number of nitrogens with one attached hydrogen (secondary N) is 2. The van der Waals surface area contributed by atoms with Gasteiger partial charge in [-0.05, 0) is 49.3 Å². The predicted molar refractivity (Wildman–Crippen MR) is 141 cm³/mol. The molecule has 6 rings (SSSR count). The summed E-state index contributed by atoms with van der Waals surface area (Å²) >= 11 is 0. The van der Waals surface area contributed by atoms with Crippen LogP contribution in [0.5, 0.6) is 11.5 Å². The molecule has 38 heavy (non-hydrogen) atoms. The van der Waals surface area contributed by atoms with Gasteiger partial charge in [0.15, 0.2) is 11.5 Å². The molecular weight excluding hydrogens is 486 g/mol. The Morgan fingerprint density at radius 2 is 2.13 bits per heavy atom. The van der Waals surface area contributed by atoms with Crippen molar-refractivity contribution in [1.29, 1.82) is 0 Å². The number of hydrogen-bond donors (Lipinski definition) is 3. The Labute approximate surface area is 220 Å². The minimum atomic E-state index is -1.13. The number of carbonyl (C=O) groups excluding carboxylic acids is 1. The zero-order chi connectivity index (χ0) is 26.4. The molecule has 0 saturated carbocycles. The van der Waals surface area contributed by atoms with Crippen LogP contribution in [0, 0.1) is 0 Å². The first kappa shape index (κ1) is 24.4. The minimum Gasteiger partial charge on any atom is -0.493 e. The van der Waals surface area contributed by atoms with Crippen molar-refractivity contribution < 1.29 is 28.9 Å². The van der Waals surface area contributed by atoms with Crippen molar-refractivity contribution in [1.82, 2.24) is 15.2 Å². The number of alkyl carbamates (subject to hydrolysis) is 1. The number of carboxylic acid groups (broad SMARTS) is 1. The number of carbonyl (C=O) groups is 2. The standard InChI is InChI=1S/C29H31N3O6/c1-32-12-11-29-10-9-19(14-24(29)38-26-23(36-2)8-7-17(16-32)25(26)29)37-28(35)31-22(27(33)34)13-18-15-30-21-6-4-3-5-20(18)21/h3-10,15,19,22,24,30H,11-14,16H2,1-2H3,(H,31,35)(H,33,34)/t19-,22-,24-,29-/m0/s1. The van der Waals surface area contributed by atoms with Crippen LogP contribution in [0.2, 0.25) is 0 Å². The normalized spacial score (nSPS) is 24.6. The summed E-state index contributed by atoms with van der Waals surface area (Å²) in [5.41, 5.74) is 3.78. The minimum absolute atomic E-state index is 0.134. The lowest BCUT2D eigenvalue weighted by Crippen LogP contribution is -2.46. The first-order valence-corrected chi connectivity index (χ1v) is 12.9. The molecule has 3 N–H and O–H groups in total. The highest BCUT2D eigenvalue weighted by Gasteiger charge is 2.53. The average molecular weight is 518 g/mol. The van der Waals surface area contributed by atoms with Crippen molar-refractivity contribution in [3.05, 3.63) is 71.4 Å². The van der Waals surface area contributed by atoms with E-state index in [0.717, 1.165) is 47.3 Å². The molecule has 0 radical (unpaired) electrons. The van der Waals surface area contributed by atoms with Gasteiger partial charge in [0, 0.05) is 42.0 Å². The van der Waals surface area contributed by atoms with Crippen LogP contribution in [0.25, 0.3) is 10.9 Å². The molecule has 3 heterocycles. The molecule has 0 unspecified atom stereocenters. The van der Waals surface area contributed by atoms with Crippen LogP contribution in [-0.4, -0.2) is 66.0 Å². The number of nitrogens with zero attached hydrogens (tertiary/aromatic N) is 1. The Morgan fingerprint density at radius 1 is 1.29 bits per heavy atom. The van der Waals surface area contributed by atoms with E-state index in [2.05, 4.69) is 34.4 Å². The van der Waals surface area contributed by atoms with Gasteiger partial charge in [0.05, 0.1) is 12.5 Å². The number of methoxy groups -OCH3 is 1. The molecule has 0 bridgehead atoms. The first-order chi connectivity index (χ1) is 18.4. The number of rotatable bonds is 6. The Hall–Kier alpha value is -3.98. The average Bonchev–Trinajstić information content (AvgIpc) is 3.42. The van der Waals surface area contributed by atoms with Gasteiger partial charge in [0.1, 0.15) is 18.2 Å². The number of H-pyrrole nitrogens is 1. The highest BCUT2D eigenvalue weighted by atomic mass is 16.6. The van der Waals surface area contributed by atoms with E-state index in [1.54, 1.807) is 13.3 Å². The first-order valence-electron chi connectivity index (χ1n) is 12.9. The van der Waals surface area contributed by atoms with Gasteiger partial charge in [-0.15, -0.1) is 0 Å². The van der Waals surface area contributed by atoms with Crippen molar-refractivity contribution in [2.75, 3.05) is 20.7 Å². The van der Waals surface area contributed by atoms with Crippen LogP contribution in [0.15, 0.2) is 54.7 Å². The third-order valence-corrected chi connectivity index (χ3v) is 8.08. The monoisotopic (exact) mass is 517 g/mol. The van der Waals surface area contributed by atoms with Gasteiger partial charge in [-0.1, -0.05) is 30.3 Å². The van der Waals surface area contributed by atoms with E-state index >= 15 is 0 Å². The molecule has 0 saturated heterocycles. The van der Waals surface area contributed by atoms with Gasteiger partial charge < -0.3 is 34.5 Å². The maximum absolute atomic E-state index is 12.8. The number of carboxylic acids is 1. The second kappa shape index (κ2) is 9.40. The Morgan fingerprint density at radius 3 is 2.95 bits per heavy atom. The SMILES string of the molecule is COc1ccc2c3c1O[C@H]1C[C@@H](OC(=O)N[C@@H](Cc4c[nH]c5ccccc45)C(=O)O)C=C[C@@]31CCN(C)C2. The molecule has 2 aromatic carbocycles. The van der Waals surface area contributed by atoms with Crippen LogP contribution < -0.4 is 14.8 Å². The summed E-state index contributed by atoms with van der Waals surface area (Å²) in [4.78, 5) is 30.3. The second-order valence-electron chi connectivity index (χ2n) is 10.4. The van der Waals surface area contributed by atoms with Crippen molar-refractivity contribution >= 4 is 23.0 Å². The van der Waals surface area contributed by atoms with Crippen LogP contribution in [0.4, 0.5) is 4.79 Å². The smallest absolute Gasteiger partial charge is 0.408 e. The second-order valence-corrected chi connectivity index (χ2v) is 10.4. The fraction of sp³-hybridized carbons (Fsp3) is 0.379. The lowest BCUT2D eigenvalue weighted by molar-refractivity contribution is -0.139. The summed E-state index contributed by atoms with van der Waals surface area (Å²) in [6, 6.07) is 10.6. The van der Waals surface area contributed by atoms with E-state index in [1.807, 2.05) is 36.4 Å². The van der Waals surface area contributed by atoms with Crippen LogP contribution in [-0.2, 0) is 27.9 Å². The molecule has 0 fully saturated rings. The van der Waals surface area contributed by atoms with Crippen molar-refractivity contribution in [3.8, 4) is 11.5 Å². The van der Waals surface area contributed by atoms with E-state index in [9.17, 15) is 14.7 Å². The molecular formula is C29H31N3O6. The van der Waals surface area contributed by atoms with Crippen molar-refractivity contribution in [2.24, 2.45) is 0 Å². The maximum Gasteiger partial charge on any atom is 0.408 e. The van der Waals surface area contributed by atoms with Gasteiger partial charge in [-0.25, -0.2) is 9.59 Å². The number of benzene rings is 2. The van der Waals surface area contributed by atoms with Crippen molar-refractivity contribution in [3.63, 3.8) is 0 Å². The maximum atomic E-state index is 12.8. The molecule has 1 spiro atoms.